The van der Waals surface area contributed by atoms with Gasteiger partial charge in [0.05, 0.1) is 0 Å². The molecule has 0 spiro atoms. The maximum absolute atomic E-state index is 12.1. The van der Waals surface area contributed by atoms with E-state index >= 15 is 0 Å². The number of thiazole rings is 1. The number of aromatic hydroxyl groups is 1. The molecule has 3 rings (SSSR count). The number of aromatic nitrogens is 1. The number of carbonyl (C=O) groups excluding carboxylic acids is 1. The lowest BCUT2D eigenvalue weighted by molar-refractivity contribution is 0.216. The third-order valence-electron chi connectivity index (χ3n) is 4.15. The van der Waals surface area contributed by atoms with Crippen LogP contribution in [0, 0.1) is 6.92 Å². The fourth-order valence-electron chi connectivity index (χ4n) is 2.87. The summed E-state index contributed by atoms with van der Waals surface area (Å²) in [7, 11) is 2.07. The monoisotopic (exact) mass is 346 g/mol. The van der Waals surface area contributed by atoms with E-state index in [0.29, 0.717) is 5.82 Å². The van der Waals surface area contributed by atoms with Gasteiger partial charge in [0, 0.05) is 23.5 Å². The van der Waals surface area contributed by atoms with E-state index in [2.05, 4.69) is 27.6 Å². The molecular formula is C17H22N4O2S. The minimum Gasteiger partial charge on any atom is -0.508 e. The molecule has 2 heterocycles. The van der Waals surface area contributed by atoms with Crippen LogP contribution in [0.2, 0.25) is 0 Å². The summed E-state index contributed by atoms with van der Waals surface area (Å²) in [5, 5.41) is 18.0. The standard InChI is InChI=1S/C17H22N4O2S/c1-11-8-12(5-6-14(11)22)16-19-15(10-24-16)20-17(23)18-13-4-3-7-21(2)9-13/h5-6,8,10,13,22H,3-4,7,9H2,1-2H3,(H2,18,20,23). The molecule has 0 saturated carbocycles. The van der Waals surface area contributed by atoms with E-state index in [9.17, 15) is 9.90 Å². The highest BCUT2D eigenvalue weighted by Crippen LogP contribution is 2.29. The molecule has 1 aromatic carbocycles. The van der Waals surface area contributed by atoms with Crippen molar-refractivity contribution in [3.8, 4) is 16.3 Å². The van der Waals surface area contributed by atoms with Crippen molar-refractivity contribution in [1.82, 2.24) is 15.2 Å². The summed E-state index contributed by atoms with van der Waals surface area (Å²) in [6.45, 7) is 3.81. The highest BCUT2D eigenvalue weighted by Gasteiger charge is 2.19. The van der Waals surface area contributed by atoms with Crippen molar-refractivity contribution in [2.45, 2.75) is 25.8 Å². The minimum atomic E-state index is -0.214. The normalized spacial score (nSPS) is 18.3. The number of urea groups is 1. The van der Waals surface area contributed by atoms with Gasteiger partial charge in [-0.2, -0.15) is 0 Å². The average Bonchev–Trinajstić information content (AvgIpc) is 2.98. The summed E-state index contributed by atoms with van der Waals surface area (Å²) in [4.78, 5) is 18.8. The molecule has 0 bridgehead atoms. The number of piperidine rings is 1. The van der Waals surface area contributed by atoms with Crippen LogP contribution >= 0.6 is 11.3 Å². The van der Waals surface area contributed by atoms with Crippen LogP contribution in [0.1, 0.15) is 18.4 Å². The largest absolute Gasteiger partial charge is 0.508 e. The van der Waals surface area contributed by atoms with Gasteiger partial charge in [-0.3, -0.25) is 5.32 Å². The molecule has 3 N–H and O–H groups in total. The first-order valence-electron chi connectivity index (χ1n) is 8.03. The highest BCUT2D eigenvalue weighted by molar-refractivity contribution is 7.13. The van der Waals surface area contributed by atoms with Gasteiger partial charge in [0.25, 0.3) is 0 Å². The Balaban J connectivity index is 1.61. The lowest BCUT2D eigenvalue weighted by Crippen LogP contribution is -2.47. The molecule has 6 nitrogen and oxygen atoms in total. The number of nitrogens with zero attached hydrogens (tertiary/aromatic N) is 2. The molecule has 0 aliphatic carbocycles. The Bertz CT molecular complexity index is 731. The lowest BCUT2D eigenvalue weighted by atomic mass is 10.1. The summed E-state index contributed by atoms with van der Waals surface area (Å²) in [5.74, 6) is 0.813. The molecule has 1 saturated heterocycles. The SMILES string of the molecule is Cc1cc(-c2nc(NC(=O)NC3CCCN(C)C3)cs2)ccc1O. The Hall–Kier alpha value is -2.12. The van der Waals surface area contributed by atoms with Crippen molar-refractivity contribution in [2.24, 2.45) is 0 Å². The number of phenols is 1. The van der Waals surface area contributed by atoms with Gasteiger partial charge in [-0.25, -0.2) is 9.78 Å². The van der Waals surface area contributed by atoms with Crippen molar-refractivity contribution >= 4 is 23.2 Å². The Morgan fingerprint density at radius 1 is 1.46 bits per heavy atom. The van der Waals surface area contributed by atoms with Crippen LogP contribution in [0.25, 0.3) is 10.6 Å². The van der Waals surface area contributed by atoms with Crippen LogP contribution in [-0.4, -0.2) is 47.2 Å². The van der Waals surface area contributed by atoms with E-state index in [-0.39, 0.29) is 17.8 Å². The molecule has 1 atom stereocenters. The minimum absolute atomic E-state index is 0.182. The number of rotatable bonds is 3. The van der Waals surface area contributed by atoms with Crippen LogP contribution in [0.5, 0.6) is 5.75 Å². The topological polar surface area (TPSA) is 77.5 Å². The number of likely N-dealkylation sites (tertiary alicyclic amines) is 1. The predicted octanol–water partition coefficient (Wildman–Crippen LogP) is 3.04. The van der Waals surface area contributed by atoms with Crippen LogP contribution in [0.3, 0.4) is 0 Å². The number of anilines is 1. The number of amides is 2. The molecule has 0 radical (unpaired) electrons. The summed E-state index contributed by atoms with van der Waals surface area (Å²) in [6, 6.07) is 5.33. The van der Waals surface area contributed by atoms with Gasteiger partial charge in [-0.1, -0.05) is 0 Å². The van der Waals surface area contributed by atoms with E-state index in [0.717, 1.165) is 42.1 Å². The van der Waals surface area contributed by atoms with E-state index < -0.39 is 0 Å². The number of hydrogen-bond donors (Lipinski definition) is 3. The van der Waals surface area contributed by atoms with Crippen molar-refractivity contribution in [1.29, 1.82) is 0 Å². The van der Waals surface area contributed by atoms with Gasteiger partial charge < -0.3 is 15.3 Å². The summed E-state index contributed by atoms with van der Waals surface area (Å²) < 4.78 is 0. The summed E-state index contributed by atoms with van der Waals surface area (Å²) in [5.41, 5.74) is 1.73. The maximum atomic E-state index is 12.1. The number of hydrogen-bond acceptors (Lipinski definition) is 5. The zero-order valence-corrected chi connectivity index (χ0v) is 14.7. The second-order valence-corrected chi connectivity index (χ2v) is 7.10. The molecule has 2 amide bonds. The fourth-order valence-corrected chi connectivity index (χ4v) is 3.62. The number of aryl methyl sites for hydroxylation is 1. The number of nitrogens with one attached hydrogen (secondary N) is 2. The molecule has 7 heteroatoms. The molecule has 1 aliphatic rings. The average molecular weight is 346 g/mol. The molecule has 24 heavy (non-hydrogen) atoms. The third-order valence-corrected chi connectivity index (χ3v) is 5.04. The van der Waals surface area contributed by atoms with Crippen LogP contribution < -0.4 is 10.6 Å². The van der Waals surface area contributed by atoms with Crippen LogP contribution in [-0.2, 0) is 0 Å². The highest BCUT2D eigenvalue weighted by atomic mass is 32.1. The molecule has 2 aromatic rings. The molecule has 1 unspecified atom stereocenters. The predicted molar refractivity (Wildman–Crippen MR) is 96.6 cm³/mol. The van der Waals surface area contributed by atoms with E-state index in [1.165, 1.54) is 11.3 Å². The van der Waals surface area contributed by atoms with Gasteiger partial charge in [0.1, 0.15) is 16.6 Å². The van der Waals surface area contributed by atoms with Crippen molar-refractivity contribution in [3.05, 3.63) is 29.1 Å². The lowest BCUT2D eigenvalue weighted by Gasteiger charge is -2.30. The Morgan fingerprint density at radius 3 is 3.04 bits per heavy atom. The van der Waals surface area contributed by atoms with Gasteiger partial charge in [0.15, 0.2) is 0 Å². The van der Waals surface area contributed by atoms with Gasteiger partial charge in [-0.15, -0.1) is 11.3 Å². The molecule has 1 aliphatic heterocycles. The van der Waals surface area contributed by atoms with Crippen molar-refractivity contribution in [3.63, 3.8) is 0 Å². The number of carbonyl (C=O) groups is 1. The molecule has 128 valence electrons. The first kappa shape index (κ1) is 16.7. The Labute approximate surface area is 145 Å². The van der Waals surface area contributed by atoms with Crippen molar-refractivity contribution in [2.75, 3.05) is 25.5 Å². The molecule has 1 fully saturated rings. The Kier molecular flexibility index (Phi) is 5.01. The molecule has 1 aromatic heterocycles. The second kappa shape index (κ2) is 7.19. The summed E-state index contributed by atoms with van der Waals surface area (Å²) in [6.07, 6.45) is 2.11. The first-order chi connectivity index (χ1) is 11.5. The van der Waals surface area contributed by atoms with Gasteiger partial charge in [0.2, 0.25) is 0 Å². The number of benzene rings is 1. The Morgan fingerprint density at radius 2 is 2.29 bits per heavy atom. The zero-order chi connectivity index (χ0) is 17.1. The molecular weight excluding hydrogens is 324 g/mol. The van der Waals surface area contributed by atoms with Gasteiger partial charge >= 0.3 is 6.03 Å². The maximum Gasteiger partial charge on any atom is 0.320 e. The van der Waals surface area contributed by atoms with Gasteiger partial charge in [-0.05, 0) is 57.1 Å². The van der Waals surface area contributed by atoms with Crippen molar-refractivity contribution < 1.29 is 9.90 Å². The van der Waals surface area contributed by atoms with E-state index in [4.69, 9.17) is 0 Å². The number of likely N-dealkylation sites (N-methyl/N-ethyl adjacent to an activating group) is 1. The third kappa shape index (κ3) is 4.04. The van der Waals surface area contributed by atoms with E-state index in [1.54, 1.807) is 6.07 Å². The second-order valence-electron chi connectivity index (χ2n) is 6.24. The number of phenolic OH excluding ortho intramolecular Hbond substituents is 1. The quantitative estimate of drug-likeness (QED) is 0.798. The van der Waals surface area contributed by atoms with Crippen LogP contribution in [0.15, 0.2) is 23.6 Å². The summed E-state index contributed by atoms with van der Waals surface area (Å²) >= 11 is 1.46. The smallest absolute Gasteiger partial charge is 0.320 e. The zero-order valence-electron chi connectivity index (χ0n) is 13.9. The fraction of sp³-hybridized carbons (Fsp3) is 0.412. The van der Waals surface area contributed by atoms with E-state index in [1.807, 2.05) is 24.4 Å². The first-order valence-corrected chi connectivity index (χ1v) is 8.91. The van der Waals surface area contributed by atoms with Crippen LogP contribution in [0.4, 0.5) is 10.6 Å².